The van der Waals surface area contributed by atoms with E-state index in [9.17, 15) is 9.00 Å². The van der Waals surface area contributed by atoms with Crippen molar-refractivity contribution in [2.45, 2.75) is 19.1 Å². The van der Waals surface area contributed by atoms with E-state index in [0.29, 0.717) is 30.3 Å². The van der Waals surface area contributed by atoms with Crippen LogP contribution in [0.1, 0.15) is 18.9 Å². The van der Waals surface area contributed by atoms with E-state index in [1.807, 2.05) is 31.2 Å². The summed E-state index contributed by atoms with van der Waals surface area (Å²) in [5, 5.41) is 5.50. The molecule has 0 aromatic heterocycles. The molecule has 0 saturated heterocycles. The third kappa shape index (κ3) is 6.68. The van der Waals surface area contributed by atoms with E-state index in [0.717, 1.165) is 12.0 Å². The Labute approximate surface area is 122 Å². The molecule has 1 aromatic carbocycles. The standard InChI is InChI=1S/C14H22N2O3S/c1-3-7-15-14(17)16-13-6-4-5-12(10-13)11-20(18)9-8-19-2/h4-6,10H,3,7-9,11H2,1-2H3,(H2,15,16,17)/t20-/m1/s1. The second-order valence-corrected chi connectivity index (χ2v) is 5.94. The number of nitrogens with one attached hydrogen (secondary N) is 2. The molecule has 1 atom stereocenters. The molecular formula is C14H22N2O3S. The minimum absolute atomic E-state index is 0.218. The van der Waals surface area contributed by atoms with Crippen molar-refractivity contribution in [2.75, 3.05) is 31.3 Å². The van der Waals surface area contributed by atoms with E-state index >= 15 is 0 Å². The zero-order valence-electron chi connectivity index (χ0n) is 12.0. The Balaban J connectivity index is 2.52. The van der Waals surface area contributed by atoms with E-state index in [1.54, 1.807) is 7.11 Å². The third-order valence-electron chi connectivity index (χ3n) is 2.56. The van der Waals surface area contributed by atoms with Crippen LogP contribution in [-0.2, 0) is 21.3 Å². The Morgan fingerprint density at radius 3 is 2.90 bits per heavy atom. The molecule has 0 saturated carbocycles. The highest BCUT2D eigenvalue weighted by molar-refractivity contribution is 7.84. The molecule has 0 aliphatic rings. The number of benzene rings is 1. The van der Waals surface area contributed by atoms with Gasteiger partial charge in [-0.1, -0.05) is 19.1 Å². The topological polar surface area (TPSA) is 67.4 Å². The highest BCUT2D eigenvalue weighted by Crippen LogP contribution is 2.12. The molecule has 112 valence electrons. The van der Waals surface area contributed by atoms with Gasteiger partial charge in [-0.25, -0.2) is 4.79 Å². The number of ether oxygens (including phenoxy) is 1. The van der Waals surface area contributed by atoms with Crippen molar-refractivity contribution in [3.05, 3.63) is 29.8 Å². The number of rotatable bonds is 8. The molecule has 6 heteroatoms. The number of urea groups is 1. The van der Waals surface area contributed by atoms with Gasteiger partial charge < -0.3 is 15.4 Å². The second kappa shape index (κ2) is 9.50. The lowest BCUT2D eigenvalue weighted by atomic mass is 10.2. The number of methoxy groups -OCH3 is 1. The van der Waals surface area contributed by atoms with Crippen LogP contribution in [0.15, 0.2) is 24.3 Å². The molecular weight excluding hydrogens is 276 g/mol. The first-order valence-corrected chi connectivity index (χ1v) is 8.12. The summed E-state index contributed by atoms with van der Waals surface area (Å²) in [7, 11) is 0.644. The van der Waals surface area contributed by atoms with Gasteiger partial charge in [0, 0.05) is 41.6 Å². The van der Waals surface area contributed by atoms with Crippen LogP contribution in [0.4, 0.5) is 10.5 Å². The molecule has 0 radical (unpaired) electrons. The third-order valence-corrected chi connectivity index (χ3v) is 3.84. The second-order valence-electron chi connectivity index (χ2n) is 4.36. The molecule has 1 aromatic rings. The van der Waals surface area contributed by atoms with E-state index in [1.165, 1.54) is 0 Å². The van der Waals surface area contributed by atoms with Crippen molar-refractivity contribution in [1.29, 1.82) is 0 Å². The Morgan fingerprint density at radius 2 is 2.20 bits per heavy atom. The lowest BCUT2D eigenvalue weighted by molar-refractivity contribution is 0.218. The van der Waals surface area contributed by atoms with Crippen LogP contribution in [0.2, 0.25) is 0 Å². The SMILES string of the molecule is CCCNC(=O)Nc1cccc(C[S@](=O)CCOC)c1. The molecule has 0 fully saturated rings. The van der Waals surface area contributed by atoms with Gasteiger partial charge in [0.05, 0.1) is 6.61 Å². The molecule has 2 amide bonds. The number of hydrogen-bond acceptors (Lipinski definition) is 3. The molecule has 0 spiro atoms. The van der Waals surface area contributed by atoms with Crippen molar-refractivity contribution in [3.63, 3.8) is 0 Å². The predicted molar refractivity (Wildman–Crippen MR) is 82.3 cm³/mol. The smallest absolute Gasteiger partial charge is 0.319 e. The normalized spacial score (nSPS) is 11.9. The largest absolute Gasteiger partial charge is 0.384 e. The first-order chi connectivity index (χ1) is 9.65. The van der Waals surface area contributed by atoms with Crippen molar-refractivity contribution < 1.29 is 13.7 Å². The highest BCUT2D eigenvalue weighted by Gasteiger charge is 2.04. The van der Waals surface area contributed by atoms with Crippen LogP contribution in [0, 0.1) is 0 Å². The molecule has 0 unspecified atom stereocenters. The van der Waals surface area contributed by atoms with Gasteiger partial charge in [0.25, 0.3) is 0 Å². The number of hydrogen-bond donors (Lipinski definition) is 2. The van der Waals surface area contributed by atoms with E-state index in [4.69, 9.17) is 4.74 Å². The van der Waals surface area contributed by atoms with E-state index < -0.39 is 10.8 Å². The first-order valence-electron chi connectivity index (χ1n) is 6.63. The monoisotopic (exact) mass is 298 g/mol. The van der Waals surface area contributed by atoms with Crippen molar-refractivity contribution in [1.82, 2.24) is 5.32 Å². The van der Waals surface area contributed by atoms with Crippen LogP contribution < -0.4 is 10.6 Å². The van der Waals surface area contributed by atoms with Gasteiger partial charge in [-0.3, -0.25) is 4.21 Å². The number of amides is 2. The van der Waals surface area contributed by atoms with Gasteiger partial charge in [-0.2, -0.15) is 0 Å². The summed E-state index contributed by atoms with van der Waals surface area (Å²) < 4.78 is 16.7. The van der Waals surface area contributed by atoms with Gasteiger partial charge in [0.15, 0.2) is 0 Å². The summed E-state index contributed by atoms with van der Waals surface area (Å²) in [5.41, 5.74) is 1.65. The molecule has 20 heavy (non-hydrogen) atoms. The van der Waals surface area contributed by atoms with Crippen LogP contribution in [-0.4, -0.2) is 36.3 Å². The Morgan fingerprint density at radius 1 is 1.40 bits per heavy atom. The predicted octanol–water partition coefficient (Wildman–Crippen LogP) is 2.11. The van der Waals surface area contributed by atoms with Gasteiger partial charge in [-0.05, 0) is 24.1 Å². The Kier molecular flexibility index (Phi) is 7.91. The molecule has 1 rings (SSSR count). The summed E-state index contributed by atoms with van der Waals surface area (Å²) in [6.07, 6.45) is 0.895. The number of carbonyl (C=O) groups is 1. The summed E-state index contributed by atoms with van der Waals surface area (Å²) in [5.74, 6) is 0.987. The molecule has 0 heterocycles. The maximum Gasteiger partial charge on any atom is 0.319 e. The lowest BCUT2D eigenvalue weighted by Gasteiger charge is -2.08. The van der Waals surface area contributed by atoms with Crippen LogP contribution in [0.5, 0.6) is 0 Å². The van der Waals surface area contributed by atoms with Crippen molar-refractivity contribution >= 4 is 22.5 Å². The fraction of sp³-hybridized carbons (Fsp3) is 0.500. The quantitative estimate of drug-likeness (QED) is 0.772. The van der Waals surface area contributed by atoms with Crippen LogP contribution in [0.3, 0.4) is 0 Å². The number of carbonyl (C=O) groups excluding carboxylic acids is 1. The Hall–Kier alpha value is -1.40. The fourth-order valence-electron chi connectivity index (χ4n) is 1.59. The average molecular weight is 298 g/mol. The molecule has 2 N–H and O–H groups in total. The fourth-order valence-corrected chi connectivity index (χ4v) is 2.64. The maximum atomic E-state index is 11.8. The minimum Gasteiger partial charge on any atom is -0.384 e. The minimum atomic E-state index is -0.950. The average Bonchev–Trinajstić information content (AvgIpc) is 2.43. The van der Waals surface area contributed by atoms with Crippen molar-refractivity contribution in [3.8, 4) is 0 Å². The highest BCUT2D eigenvalue weighted by atomic mass is 32.2. The summed E-state index contributed by atoms with van der Waals surface area (Å²) >= 11 is 0. The summed E-state index contributed by atoms with van der Waals surface area (Å²) in [6.45, 7) is 3.13. The molecule has 0 bridgehead atoms. The van der Waals surface area contributed by atoms with Gasteiger partial charge in [0.2, 0.25) is 0 Å². The van der Waals surface area contributed by atoms with Gasteiger partial charge >= 0.3 is 6.03 Å². The number of anilines is 1. The summed E-state index contributed by atoms with van der Waals surface area (Å²) in [6, 6.07) is 7.19. The van der Waals surface area contributed by atoms with Crippen LogP contribution >= 0.6 is 0 Å². The summed E-state index contributed by atoms with van der Waals surface area (Å²) in [4.78, 5) is 11.5. The molecule has 0 aliphatic heterocycles. The first kappa shape index (κ1) is 16.7. The molecule has 5 nitrogen and oxygen atoms in total. The van der Waals surface area contributed by atoms with Crippen LogP contribution in [0.25, 0.3) is 0 Å². The zero-order chi connectivity index (χ0) is 14.8. The Bertz CT molecular complexity index is 415. The van der Waals surface area contributed by atoms with Crippen molar-refractivity contribution in [2.24, 2.45) is 0 Å². The molecule has 0 aliphatic carbocycles. The van der Waals surface area contributed by atoms with E-state index in [-0.39, 0.29) is 6.03 Å². The lowest BCUT2D eigenvalue weighted by Crippen LogP contribution is -2.29. The zero-order valence-corrected chi connectivity index (χ0v) is 12.8. The van der Waals surface area contributed by atoms with Gasteiger partial charge in [0.1, 0.15) is 0 Å². The maximum absolute atomic E-state index is 11.8. The van der Waals surface area contributed by atoms with E-state index in [2.05, 4.69) is 10.6 Å². The van der Waals surface area contributed by atoms with Gasteiger partial charge in [-0.15, -0.1) is 0 Å².